The van der Waals surface area contributed by atoms with Gasteiger partial charge in [-0.2, -0.15) is 0 Å². The highest BCUT2D eigenvalue weighted by Crippen LogP contribution is 2.24. The summed E-state index contributed by atoms with van der Waals surface area (Å²) in [7, 11) is 0. The van der Waals surface area contributed by atoms with Crippen molar-refractivity contribution in [2.24, 2.45) is 17.6 Å². The van der Waals surface area contributed by atoms with Gasteiger partial charge in [-0.15, -0.1) is 0 Å². The Balaban J connectivity index is 1.70. The van der Waals surface area contributed by atoms with Crippen LogP contribution in [0.3, 0.4) is 0 Å². The third kappa shape index (κ3) is 3.23. The second-order valence-electron chi connectivity index (χ2n) is 6.19. The molecule has 1 aliphatic heterocycles. The van der Waals surface area contributed by atoms with Gasteiger partial charge in [0.1, 0.15) is 0 Å². The van der Waals surface area contributed by atoms with Gasteiger partial charge in [-0.25, -0.2) is 0 Å². The van der Waals surface area contributed by atoms with Gasteiger partial charge in [0.05, 0.1) is 5.92 Å². The lowest BCUT2D eigenvalue weighted by Gasteiger charge is -2.21. The third-order valence-corrected chi connectivity index (χ3v) is 4.52. The van der Waals surface area contributed by atoms with Crippen LogP contribution in [-0.4, -0.2) is 42.5 Å². The fraction of sp³-hybridized carbons (Fsp3) is 0.929. The Hall–Kier alpha value is -0.610. The van der Waals surface area contributed by atoms with Gasteiger partial charge >= 0.3 is 0 Å². The minimum Gasteiger partial charge on any atom is -0.355 e. The van der Waals surface area contributed by atoms with E-state index in [1.807, 2.05) is 0 Å². The van der Waals surface area contributed by atoms with E-state index in [4.69, 9.17) is 5.73 Å². The van der Waals surface area contributed by atoms with Crippen molar-refractivity contribution in [2.45, 2.75) is 51.6 Å². The molecule has 3 N–H and O–H groups in total. The third-order valence-electron chi connectivity index (χ3n) is 4.52. The van der Waals surface area contributed by atoms with E-state index in [1.54, 1.807) is 0 Å². The molecule has 0 bridgehead atoms. The first-order chi connectivity index (χ1) is 8.58. The zero-order chi connectivity index (χ0) is 13.1. The molecule has 2 aliphatic rings. The number of rotatable bonds is 4. The van der Waals surface area contributed by atoms with Crippen molar-refractivity contribution < 1.29 is 4.79 Å². The molecule has 0 radical (unpaired) electrons. The summed E-state index contributed by atoms with van der Waals surface area (Å²) in [5, 5.41) is 3.11. The Kier molecular flexibility index (Phi) is 4.62. The molecule has 2 rings (SSSR count). The molecule has 4 heteroatoms. The number of nitrogens with zero attached hydrogens (tertiary/aromatic N) is 1. The zero-order valence-corrected chi connectivity index (χ0v) is 11.7. The number of nitrogens with one attached hydrogen (secondary N) is 1. The SMILES string of the molecule is CC(C)N1CCC(CNC(=O)C2CCCC2N)C1. The monoisotopic (exact) mass is 253 g/mol. The molecule has 1 saturated carbocycles. The maximum Gasteiger partial charge on any atom is 0.224 e. The first kappa shape index (κ1) is 13.8. The summed E-state index contributed by atoms with van der Waals surface area (Å²) in [6.45, 7) is 7.58. The van der Waals surface area contributed by atoms with E-state index in [2.05, 4.69) is 24.1 Å². The molecular weight excluding hydrogens is 226 g/mol. The van der Waals surface area contributed by atoms with E-state index in [9.17, 15) is 4.79 Å². The fourth-order valence-corrected chi connectivity index (χ4v) is 3.19. The molecule has 1 amide bonds. The van der Waals surface area contributed by atoms with Crippen LogP contribution in [-0.2, 0) is 4.79 Å². The molecule has 0 aromatic rings. The van der Waals surface area contributed by atoms with Crippen LogP contribution in [0.5, 0.6) is 0 Å². The normalized spacial score (nSPS) is 33.2. The summed E-state index contributed by atoms with van der Waals surface area (Å²) in [5.41, 5.74) is 5.96. The molecule has 0 aromatic heterocycles. The predicted molar refractivity (Wildman–Crippen MR) is 73.1 cm³/mol. The zero-order valence-electron chi connectivity index (χ0n) is 11.7. The predicted octanol–water partition coefficient (Wildman–Crippen LogP) is 0.960. The van der Waals surface area contributed by atoms with E-state index >= 15 is 0 Å². The molecule has 2 fully saturated rings. The molecule has 3 unspecified atom stereocenters. The fourth-order valence-electron chi connectivity index (χ4n) is 3.19. The largest absolute Gasteiger partial charge is 0.355 e. The standard InChI is InChI=1S/C14H27N3O/c1-10(2)17-7-6-11(9-17)8-16-14(18)12-4-3-5-13(12)15/h10-13H,3-9,15H2,1-2H3,(H,16,18). The second kappa shape index (κ2) is 6.02. The minimum absolute atomic E-state index is 0.0626. The summed E-state index contributed by atoms with van der Waals surface area (Å²) < 4.78 is 0. The smallest absolute Gasteiger partial charge is 0.224 e. The van der Waals surface area contributed by atoms with Crippen LogP contribution in [0.15, 0.2) is 0 Å². The van der Waals surface area contributed by atoms with Gasteiger partial charge in [0.2, 0.25) is 5.91 Å². The minimum atomic E-state index is 0.0626. The van der Waals surface area contributed by atoms with Crippen LogP contribution in [0.2, 0.25) is 0 Å². The Labute approximate surface area is 110 Å². The van der Waals surface area contributed by atoms with E-state index in [-0.39, 0.29) is 17.9 Å². The summed E-state index contributed by atoms with van der Waals surface area (Å²) in [6, 6.07) is 0.703. The number of carbonyl (C=O) groups excluding carboxylic acids is 1. The van der Waals surface area contributed by atoms with Crippen LogP contribution in [0.1, 0.15) is 39.5 Å². The van der Waals surface area contributed by atoms with Gasteiger partial charge in [0.25, 0.3) is 0 Å². The van der Waals surface area contributed by atoms with Gasteiger partial charge in [-0.3, -0.25) is 4.79 Å². The average molecular weight is 253 g/mol. The maximum absolute atomic E-state index is 12.0. The molecule has 1 saturated heterocycles. The molecule has 1 aliphatic carbocycles. The van der Waals surface area contributed by atoms with Gasteiger partial charge in [0.15, 0.2) is 0 Å². The Morgan fingerprint density at radius 3 is 2.72 bits per heavy atom. The lowest BCUT2D eigenvalue weighted by atomic mass is 10.0. The molecule has 0 aromatic carbocycles. The summed E-state index contributed by atoms with van der Waals surface area (Å²) in [5.74, 6) is 0.865. The van der Waals surface area contributed by atoms with E-state index in [0.29, 0.717) is 12.0 Å². The number of nitrogens with two attached hydrogens (primary N) is 1. The quantitative estimate of drug-likeness (QED) is 0.784. The molecular formula is C14H27N3O. The molecule has 3 atom stereocenters. The average Bonchev–Trinajstić information content (AvgIpc) is 2.94. The highest BCUT2D eigenvalue weighted by atomic mass is 16.1. The van der Waals surface area contributed by atoms with Crippen molar-refractivity contribution in [3.05, 3.63) is 0 Å². The van der Waals surface area contributed by atoms with Crippen molar-refractivity contribution >= 4 is 5.91 Å². The molecule has 18 heavy (non-hydrogen) atoms. The number of hydrogen-bond acceptors (Lipinski definition) is 3. The van der Waals surface area contributed by atoms with E-state index in [1.165, 1.54) is 13.0 Å². The van der Waals surface area contributed by atoms with Gasteiger partial charge in [-0.05, 0) is 45.6 Å². The number of amides is 1. The van der Waals surface area contributed by atoms with Crippen molar-refractivity contribution in [3.8, 4) is 0 Å². The summed E-state index contributed by atoms with van der Waals surface area (Å²) in [6.07, 6.45) is 4.28. The summed E-state index contributed by atoms with van der Waals surface area (Å²) >= 11 is 0. The van der Waals surface area contributed by atoms with Crippen LogP contribution >= 0.6 is 0 Å². The number of likely N-dealkylation sites (tertiary alicyclic amines) is 1. The van der Waals surface area contributed by atoms with Gasteiger partial charge < -0.3 is 16.0 Å². The van der Waals surface area contributed by atoms with Crippen LogP contribution in [0.4, 0.5) is 0 Å². The van der Waals surface area contributed by atoms with Gasteiger partial charge in [-0.1, -0.05) is 6.42 Å². The lowest BCUT2D eigenvalue weighted by molar-refractivity contribution is -0.125. The number of hydrogen-bond donors (Lipinski definition) is 2. The van der Waals surface area contributed by atoms with E-state index < -0.39 is 0 Å². The molecule has 4 nitrogen and oxygen atoms in total. The molecule has 1 heterocycles. The summed E-state index contributed by atoms with van der Waals surface area (Å²) in [4.78, 5) is 14.5. The molecule has 0 spiro atoms. The Bertz CT molecular complexity index is 293. The van der Waals surface area contributed by atoms with Crippen molar-refractivity contribution in [2.75, 3.05) is 19.6 Å². The lowest BCUT2D eigenvalue weighted by Crippen LogP contribution is -2.41. The number of carbonyl (C=O) groups is 1. The maximum atomic E-state index is 12.0. The van der Waals surface area contributed by atoms with Crippen molar-refractivity contribution in [1.82, 2.24) is 10.2 Å². The highest BCUT2D eigenvalue weighted by Gasteiger charge is 2.31. The van der Waals surface area contributed by atoms with Crippen LogP contribution < -0.4 is 11.1 Å². The van der Waals surface area contributed by atoms with E-state index in [0.717, 1.165) is 32.4 Å². The molecule has 104 valence electrons. The van der Waals surface area contributed by atoms with Gasteiger partial charge in [0, 0.05) is 25.2 Å². The van der Waals surface area contributed by atoms with Crippen molar-refractivity contribution in [1.29, 1.82) is 0 Å². The van der Waals surface area contributed by atoms with Crippen molar-refractivity contribution in [3.63, 3.8) is 0 Å². The Morgan fingerprint density at radius 2 is 2.17 bits per heavy atom. The second-order valence-corrected chi connectivity index (χ2v) is 6.19. The Morgan fingerprint density at radius 1 is 1.39 bits per heavy atom. The highest BCUT2D eigenvalue weighted by molar-refractivity contribution is 5.79. The topological polar surface area (TPSA) is 58.4 Å². The van der Waals surface area contributed by atoms with Crippen LogP contribution in [0.25, 0.3) is 0 Å². The first-order valence-electron chi connectivity index (χ1n) is 7.35. The first-order valence-corrected chi connectivity index (χ1v) is 7.35. The van der Waals surface area contributed by atoms with Crippen LogP contribution in [0, 0.1) is 11.8 Å².